The average molecular weight is 414 g/mol. The molecule has 1 atom stereocenters. The fourth-order valence-electron chi connectivity index (χ4n) is 2.89. The highest BCUT2D eigenvalue weighted by molar-refractivity contribution is 6.34. The summed E-state index contributed by atoms with van der Waals surface area (Å²) in [6, 6.07) is 8.85. The first-order valence-corrected chi connectivity index (χ1v) is 9.09. The lowest BCUT2D eigenvalue weighted by Gasteiger charge is -2.13. The summed E-state index contributed by atoms with van der Waals surface area (Å²) in [5.74, 6) is -3.02. The molecular weight excluding hydrogens is 395 g/mol. The minimum absolute atomic E-state index is 0.0207. The van der Waals surface area contributed by atoms with Gasteiger partial charge in [-0.3, -0.25) is 14.4 Å². The Kier molecular flexibility index (Phi) is 6.22. The molecule has 1 heterocycles. The summed E-state index contributed by atoms with van der Waals surface area (Å²) >= 11 is 0. The number of rotatable bonds is 7. The number of esters is 1. The molecule has 8 nitrogen and oxygen atoms in total. The van der Waals surface area contributed by atoms with E-state index in [4.69, 9.17) is 9.47 Å². The Morgan fingerprint density at radius 3 is 2.40 bits per heavy atom. The summed E-state index contributed by atoms with van der Waals surface area (Å²) in [6.07, 6.45) is -1.06. The number of hydrogen-bond acceptors (Lipinski definition) is 6. The number of ether oxygens (including phenoxy) is 2. The van der Waals surface area contributed by atoms with Crippen LogP contribution < -0.4 is 10.2 Å². The predicted molar refractivity (Wildman–Crippen MR) is 104 cm³/mol. The molecule has 0 radical (unpaired) electrons. The third-order valence-electron chi connectivity index (χ3n) is 4.47. The van der Waals surface area contributed by atoms with Gasteiger partial charge in [0.2, 0.25) is 0 Å². The van der Waals surface area contributed by atoms with Crippen molar-refractivity contribution in [1.29, 1.82) is 0 Å². The normalized spacial score (nSPS) is 13.8. The van der Waals surface area contributed by atoms with Gasteiger partial charge in [-0.05, 0) is 49.4 Å². The topological polar surface area (TPSA) is 102 Å². The van der Waals surface area contributed by atoms with Crippen molar-refractivity contribution in [3.8, 4) is 0 Å². The van der Waals surface area contributed by atoms with Crippen LogP contribution in [0.5, 0.6) is 0 Å². The molecule has 0 aromatic heterocycles. The van der Waals surface area contributed by atoms with Crippen LogP contribution in [-0.2, 0) is 14.3 Å². The van der Waals surface area contributed by atoms with Crippen LogP contribution in [-0.4, -0.2) is 50.1 Å². The maximum Gasteiger partial charge on any atom is 0.338 e. The molecule has 0 aliphatic carbocycles. The zero-order chi connectivity index (χ0) is 21.8. The number of nitrogens with one attached hydrogen (secondary N) is 1. The molecule has 9 heteroatoms. The fraction of sp³-hybridized carbons (Fsp3) is 0.238. The van der Waals surface area contributed by atoms with Crippen molar-refractivity contribution in [2.45, 2.75) is 13.0 Å². The number of fused-ring (bicyclic) bond motifs is 1. The molecule has 0 unspecified atom stereocenters. The third-order valence-corrected chi connectivity index (χ3v) is 4.47. The van der Waals surface area contributed by atoms with Crippen LogP contribution in [0.1, 0.15) is 38.0 Å². The summed E-state index contributed by atoms with van der Waals surface area (Å²) in [5.41, 5.74) is 0.377. The molecule has 3 rings (SSSR count). The van der Waals surface area contributed by atoms with E-state index in [0.717, 1.165) is 17.0 Å². The number of benzene rings is 2. The Morgan fingerprint density at radius 1 is 1.07 bits per heavy atom. The molecule has 30 heavy (non-hydrogen) atoms. The minimum Gasteiger partial charge on any atom is -0.449 e. The maximum absolute atomic E-state index is 13.1. The minimum atomic E-state index is -1.06. The lowest BCUT2D eigenvalue weighted by Crippen LogP contribution is -2.37. The molecule has 0 fully saturated rings. The van der Waals surface area contributed by atoms with Gasteiger partial charge >= 0.3 is 5.97 Å². The number of carbonyl (C=O) groups excluding carboxylic acids is 4. The third kappa shape index (κ3) is 4.20. The van der Waals surface area contributed by atoms with Crippen molar-refractivity contribution in [2.24, 2.45) is 0 Å². The van der Waals surface area contributed by atoms with Gasteiger partial charge in [0, 0.05) is 13.7 Å². The predicted octanol–water partition coefficient (Wildman–Crippen LogP) is 1.93. The Balaban J connectivity index is 1.75. The lowest BCUT2D eigenvalue weighted by atomic mass is 10.1. The number of anilines is 1. The number of hydrogen-bond donors (Lipinski definition) is 1. The van der Waals surface area contributed by atoms with Crippen LogP contribution in [0.3, 0.4) is 0 Å². The number of imide groups is 1. The number of nitrogens with zero attached hydrogens (tertiary/aromatic N) is 1. The summed E-state index contributed by atoms with van der Waals surface area (Å²) < 4.78 is 23.1. The number of methoxy groups -OCH3 is 1. The molecule has 0 saturated carbocycles. The Morgan fingerprint density at radius 2 is 1.73 bits per heavy atom. The van der Waals surface area contributed by atoms with Gasteiger partial charge < -0.3 is 14.8 Å². The molecule has 1 aliphatic rings. The molecule has 2 aromatic rings. The highest BCUT2D eigenvalue weighted by atomic mass is 19.1. The van der Waals surface area contributed by atoms with E-state index in [9.17, 15) is 23.6 Å². The van der Waals surface area contributed by atoms with Gasteiger partial charge in [0.25, 0.3) is 17.7 Å². The second kappa shape index (κ2) is 8.83. The highest BCUT2D eigenvalue weighted by Crippen LogP contribution is 2.29. The van der Waals surface area contributed by atoms with Gasteiger partial charge in [-0.1, -0.05) is 0 Å². The van der Waals surface area contributed by atoms with Crippen LogP contribution in [0.4, 0.5) is 10.1 Å². The molecule has 1 aliphatic heterocycles. The van der Waals surface area contributed by atoms with Crippen LogP contribution in [0, 0.1) is 5.82 Å². The quantitative estimate of drug-likeness (QED) is 0.422. The Bertz CT molecular complexity index is 1010. The van der Waals surface area contributed by atoms with Crippen molar-refractivity contribution in [1.82, 2.24) is 5.32 Å². The molecule has 0 saturated heterocycles. The molecule has 156 valence electrons. The summed E-state index contributed by atoms with van der Waals surface area (Å²) in [7, 11) is 1.49. The van der Waals surface area contributed by atoms with Gasteiger partial charge in [0.15, 0.2) is 6.10 Å². The number of halogens is 1. The van der Waals surface area contributed by atoms with Gasteiger partial charge in [0.05, 0.1) is 29.0 Å². The van der Waals surface area contributed by atoms with Crippen molar-refractivity contribution < 1.29 is 33.0 Å². The molecular formula is C21H19FN2O6. The lowest BCUT2D eigenvalue weighted by molar-refractivity contribution is -0.129. The summed E-state index contributed by atoms with van der Waals surface area (Å²) in [5, 5.41) is 2.55. The standard InChI is InChI=1S/C21H19FN2O6/c1-12(18(25)23-9-10-29-2)30-21(28)13-3-8-16-17(11-13)20(27)24(19(16)26)15-6-4-14(22)5-7-15/h3-8,11-12H,9-10H2,1-2H3,(H,23,25)/t12-/m0/s1. The monoisotopic (exact) mass is 414 g/mol. The van der Waals surface area contributed by atoms with Crippen molar-refractivity contribution >= 4 is 29.4 Å². The largest absolute Gasteiger partial charge is 0.449 e. The van der Waals surface area contributed by atoms with Crippen LogP contribution >= 0.6 is 0 Å². The van der Waals surface area contributed by atoms with E-state index in [-0.39, 0.29) is 28.9 Å². The van der Waals surface area contributed by atoms with E-state index in [1.807, 2.05) is 0 Å². The summed E-state index contributed by atoms with van der Waals surface area (Å²) in [6.45, 7) is 2.00. The number of amides is 3. The van der Waals surface area contributed by atoms with E-state index in [1.54, 1.807) is 0 Å². The zero-order valence-corrected chi connectivity index (χ0v) is 16.3. The van der Waals surface area contributed by atoms with E-state index in [0.29, 0.717) is 6.61 Å². The average Bonchev–Trinajstić information content (AvgIpc) is 2.98. The molecule has 3 amide bonds. The first-order valence-electron chi connectivity index (χ1n) is 9.09. The number of carbonyl (C=O) groups is 4. The van der Waals surface area contributed by atoms with Crippen LogP contribution in [0.25, 0.3) is 0 Å². The van der Waals surface area contributed by atoms with Gasteiger partial charge in [-0.25, -0.2) is 14.1 Å². The van der Waals surface area contributed by atoms with E-state index in [2.05, 4.69) is 5.32 Å². The first kappa shape index (κ1) is 21.1. The van der Waals surface area contributed by atoms with Gasteiger partial charge in [0.1, 0.15) is 5.82 Å². The van der Waals surface area contributed by atoms with Gasteiger partial charge in [-0.2, -0.15) is 0 Å². The molecule has 0 bridgehead atoms. The van der Waals surface area contributed by atoms with Crippen LogP contribution in [0.15, 0.2) is 42.5 Å². The maximum atomic E-state index is 13.1. The molecule has 2 aromatic carbocycles. The Labute approximate surface area is 171 Å². The highest BCUT2D eigenvalue weighted by Gasteiger charge is 2.37. The second-order valence-electron chi connectivity index (χ2n) is 6.51. The van der Waals surface area contributed by atoms with Crippen LogP contribution in [0.2, 0.25) is 0 Å². The molecule has 0 spiro atoms. The summed E-state index contributed by atoms with van der Waals surface area (Å²) in [4.78, 5) is 50.5. The van der Waals surface area contributed by atoms with E-state index >= 15 is 0 Å². The zero-order valence-electron chi connectivity index (χ0n) is 16.3. The Hall–Kier alpha value is -3.59. The van der Waals surface area contributed by atoms with Gasteiger partial charge in [-0.15, -0.1) is 0 Å². The van der Waals surface area contributed by atoms with E-state index in [1.165, 1.54) is 44.4 Å². The van der Waals surface area contributed by atoms with Crippen molar-refractivity contribution in [3.05, 3.63) is 65.0 Å². The fourth-order valence-corrected chi connectivity index (χ4v) is 2.89. The van der Waals surface area contributed by atoms with E-state index < -0.39 is 35.6 Å². The first-order chi connectivity index (χ1) is 14.3. The second-order valence-corrected chi connectivity index (χ2v) is 6.51. The SMILES string of the molecule is COCCNC(=O)[C@H](C)OC(=O)c1ccc2c(c1)C(=O)N(c1ccc(F)cc1)C2=O. The smallest absolute Gasteiger partial charge is 0.338 e. The molecule has 1 N–H and O–H groups in total. The van der Waals surface area contributed by atoms with Crippen molar-refractivity contribution in [2.75, 3.05) is 25.2 Å². The van der Waals surface area contributed by atoms with Crippen molar-refractivity contribution in [3.63, 3.8) is 0 Å².